The molecule has 3 unspecified atom stereocenters. The second kappa shape index (κ2) is 5.48. The third-order valence-electron chi connectivity index (χ3n) is 6.55. The lowest BCUT2D eigenvalue weighted by atomic mass is 9.84. The highest BCUT2D eigenvalue weighted by Crippen LogP contribution is 2.61. The number of anilines is 2. The number of aromatic nitrogens is 2. The van der Waals surface area contributed by atoms with Crippen molar-refractivity contribution in [3.63, 3.8) is 0 Å². The average Bonchev–Trinajstić information content (AvgIpc) is 3.40. The largest absolute Gasteiger partial charge is 0.396 e. The van der Waals surface area contributed by atoms with Gasteiger partial charge in [0, 0.05) is 17.5 Å². The zero-order valence-corrected chi connectivity index (χ0v) is 15.7. The van der Waals surface area contributed by atoms with E-state index in [-0.39, 0.29) is 5.92 Å². The molecule has 0 radical (unpaired) electrons. The molecule has 0 spiro atoms. The van der Waals surface area contributed by atoms with Crippen molar-refractivity contribution in [2.75, 3.05) is 11.5 Å². The van der Waals surface area contributed by atoms with Gasteiger partial charge in [-0.1, -0.05) is 18.2 Å². The summed E-state index contributed by atoms with van der Waals surface area (Å²) >= 11 is 0. The lowest BCUT2D eigenvalue weighted by molar-refractivity contribution is 0.419. The molecule has 0 amide bonds. The summed E-state index contributed by atoms with van der Waals surface area (Å²) in [6, 6.07) is 10.6. The van der Waals surface area contributed by atoms with Crippen molar-refractivity contribution in [1.29, 1.82) is 0 Å². The Morgan fingerprint density at radius 1 is 1.11 bits per heavy atom. The summed E-state index contributed by atoms with van der Waals surface area (Å²) in [5.41, 5.74) is 14.8. The van der Waals surface area contributed by atoms with Crippen molar-refractivity contribution in [1.82, 2.24) is 9.97 Å². The van der Waals surface area contributed by atoms with Gasteiger partial charge in [-0.2, -0.15) is 0 Å². The standard InChI is InChI=1S/C20H22N4O2S/c21-16-14-7-9-23-19(14)24-18(17(16)22)15-10-12-6-8-20(15,11-12)27(25,26)13-4-2-1-3-5-13/h1-5,7,9,12,15H,6,8,10-11,22H2,(H3,21,23,24). The first kappa shape index (κ1) is 16.6. The van der Waals surface area contributed by atoms with E-state index in [2.05, 4.69) is 4.98 Å². The third-order valence-corrected chi connectivity index (χ3v) is 9.16. The normalized spacial score (nSPS) is 27.4. The summed E-state index contributed by atoms with van der Waals surface area (Å²) in [6.45, 7) is 0. The summed E-state index contributed by atoms with van der Waals surface area (Å²) in [4.78, 5) is 8.19. The van der Waals surface area contributed by atoms with E-state index < -0.39 is 14.6 Å². The predicted molar refractivity (Wildman–Crippen MR) is 106 cm³/mol. The molecule has 2 fully saturated rings. The van der Waals surface area contributed by atoms with E-state index in [1.165, 1.54) is 0 Å². The van der Waals surface area contributed by atoms with E-state index >= 15 is 0 Å². The van der Waals surface area contributed by atoms with Gasteiger partial charge in [0.2, 0.25) is 0 Å². The maximum absolute atomic E-state index is 13.7. The molecule has 2 aromatic heterocycles. The molecule has 5 rings (SSSR count). The van der Waals surface area contributed by atoms with Gasteiger partial charge in [0.25, 0.3) is 0 Å². The van der Waals surface area contributed by atoms with Gasteiger partial charge < -0.3 is 16.5 Å². The van der Waals surface area contributed by atoms with Crippen LogP contribution >= 0.6 is 0 Å². The number of fused-ring (bicyclic) bond motifs is 3. The minimum absolute atomic E-state index is 0.239. The number of benzene rings is 1. The molecule has 0 aliphatic heterocycles. The van der Waals surface area contributed by atoms with Crippen LogP contribution in [0, 0.1) is 5.92 Å². The van der Waals surface area contributed by atoms with Crippen molar-refractivity contribution in [3.05, 3.63) is 48.3 Å². The van der Waals surface area contributed by atoms with E-state index in [1.807, 2.05) is 12.1 Å². The molecule has 3 atom stereocenters. The second-order valence-electron chi connectivity index (χ2n) is 7.84. The number of nitrogen functional groups attached to an aromatic ring is 2. The summed E-state index contributed by atoms with van der Waals surface area (Å²) in [6.07, 6.45) is 4.80. The van der Waals surface area contributed by atoms with Crippen LogP contribution in [0.1, 0.15) is 37.3 Å². The first-order valence-corrected chi connectivity index (χ1v) is 10.7. The van der Waals surface area contributed by atoms with Crippen molar-refractivity contribution in [2.24, 2.45) is 5.92 Å². The Labute approximate surface area is 157 Å². The van der Waals surface area contributed by atoms with Crippen molar-refractivity contribution in [3.8, 4) is 0 Å². The Hall–Kier alpha value is -2.54. The molecule has 2 aliphatic rings. The first-order chi connectivity index (χ1) is 12.9. The molecule has 2 saturated carbocycles. The van der Waals surface area contributed by atoms with Gasteiger partial charge in [-0.25, -0.2) is 13.4 Å². The van der Waals surface area contributed by atoms with Crippen LogP contribution in [0.4, 0.5) is 11.4 Å². The van der Waals surface area contributed by atoms with Gasteiger partial charge in [0.1, 0.15) is 5.65 Å². The molecule has 2 aliphatic carbocycles. The first-order valence-electron chi connectivity index (χ1n) is 9.25. The molecule has 2 heterocycles. The van der Waals surface area contributed by atoms with E-state index in [9.17, 15) is 8.42 Å². The lowest BCUT2D eigenvalue weighted by Gasteiger charge is -2.35. The molecule has 3 aromatic rings. The van der Waals surface area contributed by atoms with Gasteiger partial charge in [0.15, 0.2) is 9.84 Å². The minimum atomic E-state index is -3.52. The van der Waals surface area contributed by atoms with Crippen LogP contribution in [0.3, 0.4) is 0 Å². The Morgan fingerprint density at radius 2 is 1.89 bits per heavy atom. The molecule has 27 heavy (non-hydrogen) atoms. The highest BCUT2D eigenvalue weighted by Gasteiger charge is 2.61. The van der Waals surface area contributed by atoms with Crippen LogP contribution in [0.25, 0.3) is 11.0 Å². The van der Waals surface area contributed by atoms with Crippen LogP contribution in [0.2, 0.25) is 0 Å². The number of H-pyrrole nitrogens is 1. The van der Waals surface area contributed by atoms with Crippen molar-refractivity contribution >= 4 is 32.2 Å². The fourth-order valence-corrected chi connectivity index (χ4v) is 7.64. The van der Waals surface area contributed by atoms with E-state index in [4.69, 9.17) is 16.5 Å². The third kappa shape index (κ3) is 2.12. The molecule has 0 saturated heterocycles. The Bertz CT molecular complexity index is 1140. The SMILES string of the molecule is Nc1c(C2CC3CCC2(S(=O)(=O)c2ccccc2)C3)nc2[nH]ccc2c1N. The molecular formula is C20H22N4O2S. The van der Waals surface area contributed by atoms with E-state index in [0.29, 0.717) is 46.4 Å². The summed E-state index contributed by atoms with van der Waals surface area (Å²) in [5, 5.41) is 0.777. The number of sulfone groups is 1. The number of aromatic amines is 1. The van der Waals surface area contributed by atoms with Crippen molar-refractivity contribution < 1.29 is 8.42 Å². The lowest BCUT2D eigenvalue weighted by Crippen LogP contribution is -2.40. The maximum atomic E-state index is 13.7. The van der Waals surface area contributed by atoms with E-state index in [0.717, 1.165) is 18.2 Å². The van der Waals surface area contributed by atoms with Crippen LogP contribution in [-0.2, 0) is 9.84 Å². The summed E-state index contributed by atoms with van der Waals surface area (Å²) < 4.78 is 26.5. The van der Waals surface area contributed by atoms with Gasteiger partial charge in [-0.3, -0.25) is 0 Å². The highest BCUT2D eigenvalue weighted by atomic mass is 32.2. The Balaban J connectivity index is 1.71. The minimum Gasteiger partial charge on any atom is -0.396 e. The number of pyridine rings is 1. The smallest absolute Gasteiger partial charge is 0.184 e. The molecule has 6 nitrogen and oxygen atoms in total. The number of hydrogen-bond acceptors (Lipinski definition) is 5. The topological polar surface area (TPSA) is 115 Å². The fraction of sp³-hybridized carbons (Fsp3) is 0.350. The molecule has 140 valence electrons. The van der Waals surface area contributed by atoms with Crippen LogP contribution < -0.4 is 11.5 Å². The maximum Gasteiger partial charge on any atom is 0.184 e. The monoisotopic (exact) mass is 382 g/mol. The van der Waals surface area contributed by atoms with E-state index in [1.54, 1.807) is 30.5 Å². The Morgan fingerprint density at radius 3 is 2.63 bits per heavy atom. The zero-order chi connectivity index (χ0) is 18.8. The summed E-state index contributed by atoms with van der Waals surface area (Å²) in [5.74, 6) is 0.145. The quantitative estimate of drug-likeness (QED) is 0.643. The second-order valence-corrected chi connectivity index (χ2v) is 10.1. The molecular weight excluding hydrogens is 360 g/mol. The van der Waals surface area contributed by atoms with Gasteiger partial charge in [-0.05, 0) is 49.8 Å². The molecule has 2 bridgehead atoms. The fourth-order valence-electron chi connectivity index (χ4n) is 5.23. The zero-order valence-electron chi connectivity index (χ0n) is 14.9. The van der Waals surface area contributed by atoms with Crippen LogP contribution in [-0.4, -0.2) is 23.1 Å². The van der Waals surface area contributed by atoms with Gasteiger partial charge in [0.05, 0.1) is 26.7 Å². The highest BCUT2D eigenvalue weighted by molar-refractivity contribution is 7.93. The summed E-state index contributed by atoms with van der Waals surface area (Å²) in [7, 11) is -3.52. The Kier molecular flexibility index (Phi) is 3.37. The number of nitrogens with zero attached hydrogens (tertiary/aromatic N) is 1. The van der Waals surface area contributed by atoms with Gasteiger partial charge in [-0.15, -0.1) is 0 Å². The molecule has 5 N–H and O–H groups in total. The van der Waals surface area contributed by atoms with Gasteiger partial charge >= 0.3 is 0 Å². The molecule has 1 aromatic carbocycles. The number of nitrogens with two attached hydrogens (primary N) is 2. The number of nitrogens with one attached hydrogen (secondary N) is 1. The number of rotatable bonds is 3. The molecule has 7 heteroatoms. The van der Waals surface area contributed by atoms with Crippen molar-refractivity contribution in [2.45, 2.75) is 41.2 Å². The number of hydrogen-bond donors (Lipinski definition) is 3. The van der Waals surface area contributed by atoms with Crippen LogP contribution in [0.5, 0.6) is 0 Å². The predicted octanol–water partition coefficient (Wildman–Crippen LogP) is 3.23. The average molecular weight is 382 g/mol. The van der Waals surface area contributed by atoms with Crippen LogP contribution in [0.15, 0.2) is 47.5 Å².